The first-order valence-corrected chi connectivity index (χ1v) is 12.5. The van der Waals surface area contributed by atoms with Gasteiger partial charge in [0.05, 0.1) is 27.0 Å². The summed E-state index contributed by atoms with van der Waals surface area (Å²) in [5, 5.41) is 8.63. The van der Waals surface area contributed by atoms with Gasteiger partial charge in [-0.3, -0.25) is 9.59 Å². The first kappa shape index (κ1) is 26.7. The lowest BCUT2D eigenvalue weighted by Gasteiger charge is -2.12. The van der Waals surface area contributed by atoms with E-state index in [2.05, 4.69) is 31.8 Å². The van der Waals surface area contributed by atoms with Gasteiger partial charge in [-0.2, -0.15) is 5.10 Å². The molecule has 0 atom stereocenters. The zero-order valence-electron chi connectivity index (χ0n) is 20.9. The van der Waals surface area contributed by atoms with Crippen LogP contribution in [0.15, 0.2) is 88.4 Å². The molecule has 4 aromatic carbocycles. The van der Waals surface area contributed by atoms with Crippen LogP contribution in [0.2, 0.25) is 0 Å². The first-order valence-electron chi connectivity index (χ1n) is 11.7. The Morgan fingerprint density at radius 1 is 0.895 bits per heavy atom. The second-order valence-corrected chi connectivity index (χ2v) is 9.07. The molecule has 4 aromatic rings. The van der Waals surface area contributed by atoms with Crippen LogP contribution in [-0.2, 0) is 11.4 Å². The van der Waals surface area contributed by atoms with E-state index >= 15 is 0 Å². The maximum atomic E-state index is 12.5. The molecule has 0 heterocycles. The molecule has 0 aliphatic carbocycles. The van der Waals surface area contributed by atoms with Gasteiger partial charge < -0.3 is 19.5 Å². The highest BCUT2D eigenvalue weighted by Gasteiger charge is 2.12. The van der Waals surface area contributed by atoms with Gasteiger partial charge >= 0.3 is 0 Å². The number of rotatable bonds is 10. The van der Waals surface area contributed by atoms with Crippen LogP contribution in [0.5, 0.6) is 17.2 Å². The van der Waals surface area contributed by atoms with Crippen molar-refractivity contribution in [2.75, 3.05) is 20.8 Å². The van der Waals surface area contributed by atoms with E-state index < -0.39 is 11.8 Å². The fourth-order valence-electron chi connectivity index (χ4n) is 3.72. The molecule has 0 aliphatic heterocycles. The van der Waals surface area contributed by atoms with Crippen LogP contribution in [0, 0.1) is 0 Å². The van der Waals surface area contributed by atoms with Gasteiger partial charge in [0.15, 0.2) is 11.5 Å². The Morgan fingerprint density at radius 2 is 1.63 bits per heavy atom. The van der Waals surface area contributed by atoms with Crippen LogP contribution in [0.25, 0.3) is 10.8 Å². The molecule has 4 rings (SSSR count). The average molecular weight is 576 g/mol. The monoisotopic (exact) mass is 575 g/mol. The number of hydrazone groups is 1. The Morgan fingerprint density at radius 3 is 2.39 bits per heavy atom. The van der Waals surface area contributed by atoms with E-state index in [4.69, 9.17) is 14.2 Å². The summed E-state index contributed by atoms with van der Waals surface area (Å²) in [6.45, 7) is 0.119. The summed E-state index contributed by atoms with van der Waals surface area (Å²) < 4.78 is 17.5. The van der Waals surface area contributed by atoms with Crippen LogP contribution in [0.4, 0.5) is 0 Å². The molecule has 0 bridgehead atoms. The molecule has 0 saturated carbocycles. The van der Waals surface area contributed by atoms with E-state index in [9.17, 15) is 9.59 Å². The average Bonchev–Trinajstić information content (AvgIpc) is 2.95. The Kier molecular flexibility index (Phi) is 8.94. The highest BCUT2D eigenvalue weighted by molar-refractivity contribution is 9.10. The van der Waals surface area contributed by atoms with Crippen molar-refractivity contribution in [1.29, 1.82) is 0 Å². The van der Waals surface area contributed by atoms with Crippen molar-refractivity contribution in [3.63, 3.8) is 0 Å². The van der Waals surface area contributed by atoms with Crippen LogP contribution in [0.1, 0.15) is 21.5 Å². The number of halogens is 1. The molecule has 194 valence electrons. The predicted molar refractivity (Wildman–Crippen MR) is 150 cm³/mol. The van der Waals surface area contributed by atoms with E-state index in [1.165, 1.54) is 14.2 Å². The van der Waals surface area contributed by atoms with Crippen molar-refractivity contribution in [2.24, 2.45) is 5.10 Å². The molecule has 0 spiro atoms. The van der Waals surface area contributed by atoms with Crippen molar-refractivity contribution in [3.05, 3.63) is 100 Å². The summed E-state index contributed by atoms with van der Waals surface area (Å²) >= 11 is 3.44. The molecule has 0 aromatic heterocycles. The molecule has 38 heavy (non-hydrogen) atoms. The van der Waals surface area contributed by atoms with Gasteiger partial charge in [0.2, 0.25) is 0 Å². The summed E-state index contributed by atoms with van der Waals surface area (Å²) in [6, 6.07) is 24.3. The lowest BCUT2D eigenvalue weighted by atomic mass is 10.0. The highest BCUT2D eigenvalue weighted by atomic mass is 79.9. The number of benzene rings is 4. The Hall–Kier alpha value is -4.37. The third-order valence-corrected chi connectivity index (χ3v) is 6.21. The van der Waals surface area contributed by atoms with Crippen molar-refractivity contribution in [3.8, 4) is 17.2 Å². The number of fused-ring (bicyclic) bond motifs is 1. The summed E-state index contributed by atoms with van der Waals surface area (Å²) in [5.41, 5.74) is 4.54. The summed E-state index contributed by atoms with van der Waals surface area (Å²) in [7, 11) is 3.00. The molecule has 2 N–H and O–H groups in total. The third-order valence-electron chi connectivity index (χ3n) is 5.68. The van der Waals surface area contributed by atoms with Crippen LogP contribution < -0.4 is 25.0 Å². The Labute approximate surface area is 228 Å². The molecular weight excluding hydrogens is 550 g/mol. The molecule has 2 amide bonds. The molecule has 0 fully saturated rings. The summed E-state index contributed by atoms with van der Waals surface area (Å²) in [5.74, 6) is 0.647. The number of amides is 2. The number of hydrogen-bond donors (Lipinski definition) is 2. The fourth-order valence-corrected chi connectivity index (χ4v) is 3.99. The lowest BCUT2D eigenvalue weighted by Crippen LogP contribution is -2.34. The quantitative estimate of drug-likeness (QED) is 0.203. The molecular formula is C29H26BrN3O5. The van der Waals surface area contributed by atoms with Crippen molar-refractivity contribution in [2.45, 2.75) is 6.61 Å². The molecule has 8 nitrogen and oxygen atoms in total. The first-order chi connectivity index (χ1) is 18.5. The summed E-state index contributed by atoms with van der Waals surface area (Å²) in [6.07, 6.45) is 1.55. The third kappa shape index (κ3) is 6.68. The van der Waals surface area contributed by atoms with Gasteiger partial charge in [0.25, 0.3) is 11.8 Å². The van der Waals surface area contributed by atoms with Crippen LogP contribution in [0.3, 0.4) is 0 Å². The maximum absolute atomic E-state index is 12.5. The van der Waals surface area contributed by atoms with Crippen LogP contribution >= 0.6 is 15.9 Å². The largest absolute Gasteiger partial charge is 0.493 e. The number of carbonyl (C=O) groups is 2. The van der Waals surface area contributed by atoms with Gasteiger partial charge in [-0.1, -0.05) is 58.4 Å². The number of methoxy groups -OCH3 is 2. The van der Waals surface area contributed by atoms with Gasteiger partial charge in [-0.15, -0.1) is 0 Å². The van der Waals surface area contributed by atoms with E-state index in [1.54, 1.807) is 24.4 Å². The van der Waals surface area contributed by atoms with Gasteiger partial charge in [0, 0.05) is 15.6 Å². The minimum Gasteiger partial charge on any atom is -0.493 e. The van der Waals surface area contributed by atoms with Crippen molar-refractivity contribution < 1.29 is 23.8 Å². The number of nitrogens with one attached hydrogen (secondary N) is 2. The molecule has 0 unspecified atom stereocenters. The second-order valence-electron chi connectivity index (χ2n) is 8.16. The van der Waals surface area contributed by atoms with E-state index in [1.807, 2.05) is 60.7 Å². The van der Waals surface area contributed by atoms with Crippen LogP contribution in [-0.4, -0.2) is 38.8 Å². The van der Waals surface area contributed by atoms with E-state index in [-0.39, 0.29) is 6.54 Å². The second kappa shape index (κ2) is 12.7. The smallest absolute Gasteiger partial charge is 0.259 e. The predicted octanol–water partition coefficient (Wildman–Crippen LogP) is 5.08. The van der Waals surface area contributed by atoms with Crippen molar-refractivity contribution >= 4 is 44.7 Å². The minimum absolute atomic E-state index is 0.257. The zero-order chi connectivity index (χ0) is 26.9. The number of ether oxygens (including phenoxy) is 3. The Bertz CT molecular complexity index is 1470. The normalized spacial score (nSPS) is 10.8. The zero-order valence-corrected chi connectivity index (χ0v) is 22.4. The van der Waals surface area contributed by atoms with Gasteiger partial charge in [0.1, 0.15) is 12.4 Å². The van der Waals surface area contributed by atoms with Gasteiger partial charge in [-0.05, 0) is 52.7 Å². The van der Waals surface area contributed by atoms with E-state index in [0.717, 1.165) is 26.4 Å². The van der Waals surface area contributed by atoms with E-state index in [0.29, 0.717) is 29.4 Å². The summed E-state index contributed by atoms with van der Waals surface area (Å²) in [4.78, 5) is 24.8. The molecule has 0 aliphatic rings. The molecule has 9 heteroatoms. The number of hydrogen-bond acceptors (Lipinski definition) is 6. The SMILES string of the molecule is COc1ccc(C(=O)NCC(=O)N/N=C/c2c(OCc3ccc(Br)cc3)ccc3ccccc23)cc1OC. The topological polar surface area (TPSA) is 98.2 Å². The Balaban J connectivity index is 1.41. The fraction of sp³-hybridized carbons (Fsp3) is 0.138. The molecule has 0 saturated heterocycles. The maximum Gasteiger partial charge on any atom is 0.259 e. The number of nitrogens with zero attached hydrogens (tertiary/aromatic N) is 1. The van der Waals surface area contributed by atoms with Crippen molar-refractivity contribution in [1.82, 2.24) is 10.7 Å². The number of carbonyl (C=O) groups excluding carboxylic acids is 2. The lowest BCUT2D eigenvalue weighted by molar-refractivity contribution is -0.120. The minimum atomic E-state index is -0.479. The highest BCUT2D eigenvalue weighted by Crippen LogP contribution is 2.28. The standard InChI is InChI=1S/C29H26BrN3O5/c1-36-26-14-10-21(15-27(26)37-2)29(35)31-17-28(34)33-32-16-24-23-6-4-3-5-20(23)9-13-25(24)38-18-19-7-11-22(30)12-8-19/h3-16H,17-18H2,1-2H3,(H,31,35)(H,33,34)/b32-16+. The molecule has 0 radical (unpaired) electrons. The van der Waals surface area contributed by atoms with Gasteiger partial charge in [-0.25, -0.2) is 5.43 Å².